The Morgan fingerprint density at radius 1 is 0.700 bits per heavy atom. The molecule has 0 aliphatic rings. The molecule has 0 rings (SSSR count). The van der Waals surface area contributed by atoms with Crippen LogP contribution >= 0.6 is 30.4 Å². The number of rotatable bonds is 4. The molecule has 0 radical (unpaired) electrons. The highest BCUT2D eigenvalue weighted by atomic mass is 31.2. The van der Waals surface area contributed by atoms with Crippen LogP contribution in [0.1, 0.15) is 6.92 Å². The monoisotopic (exact) mass is 382 g/mol. The lowest BCUT2D eigenvalue weighted by Gasteiger charge is -2.24. The van der Waals surface area contributed by atoms with E-state index >= 15 is 0 Å². The maximum absolute atomic E-state index is 10.3. The molecule has 0 unspecified atom stereocenters. The maximum atomic E-state index is 10.3. The molecule has 0 saturated carbocycles. The third-order valence-corrected chi connectivity index (χ3v) is 8.19. The minimum absolute atomic E-state index is 0.383. The predicted octanol–water partition coefficient (Wildman–Crippen LogP) is -1.69. The topological polar surface area (TPSA) is 250 Å². The fourth-order valence-electron chi connectivity index (χ4n) is 0.410. The maximum Gasteiger partial charge on any atom is 0.369 e. The SMILES string of the molecule is CC(O)(P(=O)(O)O)P(=O)(O)O.O=P(O)(O)CP(=O)(O)O. The van der Waals surface area contributed by atoms with Gasteiger partial charge in [0.25, 0.3) is 5.08 Å². The Balaban J connectivity index is 0. The van der Waals surface area contributed by atoms with Gasteiger partial charge in [0.15, 0.2) is 5.90 Å². The third kappa shape index (κ3) is 9.49. The minimum atomic E-state index is -5.20. The summed E-state index contributed by atoms with van der Waals surface area (Å²) in [5.74, 6) is -1.38. The largest absolute Gasteiger partial charge is 0.369 e. The zero-order valence-corrected chi connectivity index (χ0v) is 13.2. The van der Waals surface area contributed by atoms with Gasteiger partial charge in [0.2, 0.25) is 0 Å². The van der Waals surface area contributed by atoms with Gasteiger partial charge in [-0.25, -0.2) is 0 Å². The lowest BCUT2D eigenvalue weighted by molar-refractivity contribution is 0.146. The summed E-state index contributed by atoms with van der Waals surface area (Å²) in [6.45, 7) is 0.383. The number of hydrogen-bond donors (Lipinski definition) is 9. The van der Waals surface area contributed by atoms with Crippen LogP contribution < -0.4 is 0 Å². The fourth-order valence-corrected chi connectivity index (χ4v) is 3.69. The van der Waals surface area contributed by atoms with Gasteiger partial charge in [-0.1, -0.05) is 0 Å². The summed E-state index contributed by atoms with van der Waals surface area (Å²) in [4.78, 5) is 64.9. The quantitative estimate of drug-likeness (QED) is 0.246. The van der Waals surface area contributed by atoms with Gasteiger partial charge in [0.05, 0.1) is 0 Å². The van der Waals surface area contributed by atoms with Crippen LogP contribution in [0.5, 0.6) is 0 Å². The van der Waals surface area contributed by atoms with Crippen LogP contribution in [-0.2, 0) is 18.3 Å². The van der Waals surface area contributed by atoms with Gasteiger partial charge in [0, 0.05) is 0 Å². The van der Waals surface area contributed by atoms with Crippen LogP contribution in [-0.4, -0.2) is 55.2 Å². The second kappa shape index (κ2) is 6.76. The van der Waals surface area contributed by atoms with E-state index in [0.29, 0.717) is 6.92 Å². The molecule has 124 valence electrons. The highest BCUT2D eigenvalue weighted by molar-refractivity contribution is 7.72. The van der Waals surface area contributed by atoms with Gasteiger partial charge < -0.3 is 44.3 Å². The van der Waals surface area contributed by atoms with Gasteiger partial charge >= 0.3 is 30.4 Å². The van der Waals surface area contributed by atoms with E-state index in [0.717, 1.165) is 0 Å². The molecule has 0 aromatic carbocycles. The Bertz CT molecular complexity index is 452. The first kappa shape index (κ1) is 22.8. The first-order valence-corrected chi connectivity index (χ1v) is 11.0. The Hall–Kier alpha value is 0.560. The summed E-state index contributed by atoms with van der Waals surface area (Å²) in [5, 5.41) is 5.37. The highest BCUT2D eigenvalue weighted by Gasteiger charge is 2.55. The molecule has 0 aromatic rings. The zero-order chi connectivity index (χ0) is 17.2. The molecule has 17 heteroatoms. The van der Waals surface area contributed by atoms with Gasteiger partial charge in [-0.2, -0.15) is 0 Å². The highest BCUT2D eigenvalue weighted by Crippen LogP contribution is 2.66. The van der Waals surface area contributed by atoms with E-state index in [2.05, 4.69) is 0 Å². The van der Waals surface area contributed by atoms with Crippen LogP contribution in [0.3, 0.4) is 0 Å². The molecular formula is C3H14O13P4. The third-order valence-electron chi connectivity index (χ3n) is 1.47. The van der Waals surface area contributed by atoms with Crippen LogP contribution in [0, 0.1) is 0 Å². The van der Waals surface area contributed by atoms with E-state index in [9.17, 15) is 18.3 Å². The van der Waals surface area contributed by atoms with E-state index in [1.165, 1.54) is 0 Å². The summed E-state index contributed by atoms with van der Waals surface area (Å²) in [5.41, 5.74) is 0. The molecule has 20 heavy (non-hydrogen) atoms. The van der Waals surface area contributed by atoms with Gasteiger partial charge in [-0.15, -0.1) is 0 Å². The molecule has 0 aliphatic carbocycles. The standard InChI is InChI=1S/C2H8O7P2.CH6O6P2/c1-2(3,10(4,5)6)11(7,8)9;2-8(3,4)1-9(5,6)7/h3H,1H3,(H2,4,5,6)(H2,7,8,9);1H2,(H2,2,3,4)(H2,5,6,7). The number of hydrogen-bond acceptors (Lipinski definition) is 5. The second-order valence-electron chi connectivity index (χ2n) is 3.53. The average molecular weight is 382 g/mol. The first-order valence-electron chi connectivity index (χ1n) is 4.13. The van der Waals surface area contributed by atoms with Crippen LogP contribution in [0.4, 0.5) is 0 Å². The lowest BCUT2D eigenvalue weighted by Crippen LogP contribution is -2.23. The second-order valence-corrected chi connectivity index (χ2v) is 11.6. The normalized spacial score (nSPS) is 14.5. The molecule has 0 fully saturated rings. The predicted molar refractivity (Wildman–Crippen MR) is 63.7 cm³/mol. The Morgan fingerprint density at radius 2 is 0.900 bits per heavy atom. The summed E-state index contributed by atoms with van der Waals surface area (Å²) < 4.78 is 40.2. The first-order chi connectivity index (χ1) is 8.21. The van der Waals surface area contributed by atoms with Crippen LogP contribution in [0.25, 0.3) is 0 Å². The van der Waals surface area contributed by atoms with Gasteiger partial charge in [0.1, 0.15) is 0 Å². The average Bonchev–Trinajstić information content (AvgIpc) is 1.91. The summed E-state index contributed by atoms with van der Waals surface area (Å²) in [7, 11) is -19.5. The minimum Gasteiger partial charge on any atom is -0.368 e. The lowest BCUT2D eigenvalue weighted by atomic mass is 10.9. The van der Waals surface area contributed by atoms with Crippen molar-refractivity contribution in [2.24, 2.45) is 0 Å². The van der Waals surface area contributed by atoms with Gasteiger partial charge in [-0.05, 0) is 6.92 Å². The Kier molecular flexibility index (Phi) is 7.72. The van der Waals surface area contributed by atoms with E-state index in [1.807, 2.05) is 0 Å². The van der Waals surface area contributed by atoms with Crippen molar-refractivity contribution >= 4 is 30.4 Å². The molecule has 0 atom stereocenters. The smallest absolute Gasteiger partial charge is 0.368 e. The molecule has 0 aliphatic heterocycles. The summed E-state index contributed by atoms with van der Waals surface area (Å²) in [6, 6.07) is 0. The van der Waals surface area contributed by atoms with Crippen molar-refractivity contribution in [3.63, 3.8) is 0 Å². The molecule has 0 bridgehead atoms. The molecule has 13 nitrogen and oxygen atoms in total. The fraction of sp³-hybridized carbons (Fsp3) is 1.00. The molecule has 0 amide bonds. The van der Waals surface area contributed by atoms with Crippen molar-refractivity contribution in [2.45, 2.75) is 12.0 Å². The van der Waals surface area contributed by atoms with Crippen molar-refractivity contribution in [3.8, 4) is 0 Å². The van der Waals surface area contributed by atoms with Crippen molar-refractivity contribution in [3.05, 3.63) is 0 Å². The van der Waals surface area contributed by atoms with E-state index in [-0.39, 0.29) is 0 Å². The molecule has 0 aromatic heterocycles. The van der Waals surface area contributed by atoms with E-state index in [4.69, 9.17) is 44.3 Å². The van der Waals surface area contributed by atoms with Crippen molar-refractivity contribution in [1.29, 1.82) is 0 Å². The van der Waals surface area contributed by atoms with Crippen molar-refractivity contribution < 1.29 is 62.5 Å². The molecular weight excluding hydrogens is 368 g/mol. The molecule has 9 N–H and O–H groups in total. The summed E-state index contributed by atoms with van der Waals surface area (Å²) in [6.07, 6.45) is 0. The molecule has 0 spiro atoms. The van der Waals surface area contributed by atoms with Crippen LogP contribution in [0.15, 0.2) is 0 Å². The van der Waals surface area contributed by atoms with E-state index < -0.39 is 41.4 Å². The summed E-state index contributed by atoms with van der Waals surface area (Å²) >= 11 is 0. The zero-order valence-electron chi connectivity index (χ0n) is 9.65. The van der Waals surface area contributed by atoms with E-state index in [1.54, 1.807) is 0 Å². The molecule has 0 heterocycles. The molecule has 0 saturated heterocycles. The van der Waals surface area contributed by atoms with Crippen LogP contribution in [0.2, 0.25) is 0 Å². The van der Waals surface area contributed by atoms with Crippen molar-refractivity contribution in [1.82, 2.24) is 0 Å². The number of aliphatic hydroxyl groups is 1. The van der Waals surface area contributed by atoms with Gasteiger partial charge in [-0.3, -0.25) is 18.3 Å². The Labute approximate surface area is 111 Å². The Morgan fingerprint density at radius 3 is 0.900 bits per heavy atom. The van der Waals surface area contributed by atoms with Crippen molar-refractivity contribution in [2.75, 3.05) is 5.90 Å².